The molecular formula is C74H50N2S. The Bertz CT molecular complexity index is 4230. The standard InChI is InChI=1S/C74H50N2S/c1-6-23-51(24-7-1)52-41-43-57(44-42-52)75(55-29-12-4-13-30-55)58-45-47-60-61-48-46-59(76(56-31-14-5-15-32-56)70-39-22-34-63-62-33-16-21-40-71(62)77-72(63)70)50-69(61)74(68(60)49-58)66-37-19-17-35-64(66)73(53-25-8-2-9-26-53,54-27-10-3-11-28-54)65-36-18-20-38-67(65)74/h1-50H. The molecule has 0 unspecified atom stereocenters. The maximum atomic E-state index is 2.54. The second-order valence-corrected chi connectivity index (χ2v) is 21.3. The predicted molar refractivity (Wildman–Crippen MR) is 323 cm³/mol. The van der Waals surface area contributed by atoms with Gasteiger partial charge >= 0.3 is 0 Å². The van der Waals surface area contributed by atoms with Gasteiger partial charge in [0.05, 0.1) is 21.2 Å². The lowest BCUT2D eigenvalue weighted by Crippen LogP contribution is -2.44. The van der Waals surface area contributed by atoms with Crippen LogP contribution in [0.5, 0.6) is 0 Å². The summed E-state index contributed by atoms with van der Waals surface area (Å²) in [5, 5.41) is 2.56. The molecule has 2 aliphatic carbocycles. The van der Waals surface area contributed by atoms with E-state index in [1.165, 1.54) is 86.9 Å². The van der Waals surface area contributed by atoms with Crippen LogP contribution in [0.1, 0.15) is 44.5 Å². The first-order valence-electron chi connectivity index (χ1n) is 26.6. The second kappa shape index (κ2) is 18.1. The molecular weight excluding hydrogens is 949 g/mol. The first-order valence-corrected chi connectivity index (χ1v) is 27.4. The van der Waals surface area contributed by atoms with Crippen molar-refractivity contribution in [2.24, 2.45) is 0 Å². The Labute approximate surface area is 453 Å². The fourth-order valence-electron chi connectivity index (χ4n) is 13.3. The molecule has 0 N–H and O–H groups in total. The molecule has 13 aromatic rings. The minimum atomic E-state index is -0.761. The van der Waals surface area contributed by atoms with E-state index < -0.39 is 10.8 Å². The van der Waals surface area contributed by atoms with E-state index in [-0.39, 0.29) is 0 Å². The number of thiophene rings is 1. The van der Waals surface area contributed by atoms with Crippen LogP contribution in [0.2, 0.25) is 0 Å². The average Bonchev–Trinajstić information content (AvgIpc) is 4.28. The molecule has 2 aliphatic rings. The van der Waals surface area contributed by atoms with Crippen LogP contribution in [0.3, 0.4) is 0 Å². The molecule has 2 nitrogen and oxygen atoms in total. The molecule has 362 valence electrons. The lowest BCUT2D eigenvalue weighted by atomic mass is 9.51. The van der Waals surface area contributed by atoms with Crippen LogP contribution in [0.25, 0.3) is 42.4 Å². The molecule has 12 aromatic carbocycles. The van der Waals surface area contributed by atoms with Crippen molar-refractivity contribution < 1.29 is 0 Å². The van der Waals surface area contributed by atoms with E-state index in [2.05, 4.69) is 313 Å². The Morgan fingerprint density at radius 1 is 0.260 bits per heavy atom. The first-order chi connectivity index (χ1) is 38.2. The number of hydrogen-bond donors (Lipinski definition) is 0. The monoisotopic (exact) mass is 998 g/mol. The average molecular weight is 999 g/mol. The zero-order valence-electron chi connectivity index (χ0n) is 42.2. The van der Waals surface area contributed by atoms with Gasteiger partial charge in [-0.05, 0) is 140 Å². The van der Waals surface area contributed by atoms with E-state index in [0.29, 0.717) is 0 Å². The molecule has 1 aromatic heterocycles. The van der Waals surface area contributed by atoms with Gasteiger partial charge in [0.2, 0.25) is 0 Å². The van der Waals surface area contributed by atoms with Gasteiger partial charge in [-0.3, -0.25) is 0 Å². The minimum Gasteiger partial charge on any atom is -0.310 e. The number of nitrogens with zero attached hydrogens (tertiary/aromatic N) is 2. The van der Waals surface area contributed by atoms with E-state index in [1.54, 1.807) is 0 Å². The summed E-state index contributed by atoms with van der Waals surface area (Å²) in [6.45, 7) is 0. The topological polar surface area (TPSA) is 6.48 Å². The number of para-hydroxylation sites is 2. The van der Waals surface area contributed by atoms with Gasteiger partial charge in [0.25, 0.3) is 0 Å². The molecule has 0 bridgehead atoms. The lowest BCUT2D eigenvalue weighted by Gasteiger charge is -2.50. The van der Waals surface area contributed by atoms with E-state index in [0.717, 1.165) is 34.1 Å². The highest BCUT2D eigenvalue weighted by Crippen LogP contribution is 2.66. The number of hydrogen-bond acceptors (Lipinski definition) is 3. The largest absolute Gasteiger partial charge is 0.310 e. The third-order valence-corrected chi connectivity index (χ3v) is 17.6. The van der Waals surface area contributed by atoms with Gasteiger partial charge < -0.3 is 9.80 Å². The van der Waals surface area contributed by atoms with Crippen molar-refractivity contribution in [3.63, 3.8) is 0 Å². The summed E-state index contributed by atoms with van der Waals surface area (Å²) in [5.41, 5.74) is 20.2. The molecule has 77 heavy (non-hydrogen) atoms. The van der Waals surface area contributed by atoms with Gasteiger partial charge in [-0.25, -0.2) is 0 Å². The Kier molecular flexibility index (Phi) is 10.6. The van der Waals surface area contributed by atoms with Gasteiger partial charge in [-0.15, -0.1) is 11.3 Å². The molecule has 15 rings (SSSR count). The van der Waals surface area contributed by atoms with Gasteiger partial charge in [-0.1, -0.05) is 231 Å². The SMILES string of the molecule is c1ccc(-c2ccc(N(c3ccccc3)c3ccc4c(c3)C3(c5cc(N(c6ccccc6)c6cccc7c6sc6ccccc67)ccc5-4)c4ccccc4C(c4ccccc4)(c4ccccc4)c4ccccc43)cc2)cc1. The van der Waals surface area contributed by atoms with Crippen LogP contribution < -0.4 is 9.80 Å². The van der Waals surface area contributed by atoms with Crippen molar-refractivity contribution in [2.45, 2.75) is 10.8 Å². The Balaban J connectivity index is 1.03. The van der Waals surface area contributed by atoms with Crippen LogP contribution in [0.4, 0.5) is 34.1 Å². The van der Waals surface area contributed by atoms with E-state index in [4.69, 9.17) is 0 Å². The second-order valence-electron chi connectivity index (χ2n) is 20.3. The van der Waals surface area contributed by atoms with Crippen LogP contribution >= 0.6 is 11.3 Å². The number of fused-ring (bicyclic) bond motifs is 12. The van der Waals surface area contributed by atoms with Crippen molar-refractivity contribution in [1.82, 2.24) is 0 Å². The molecule has 0 amide bonds. The minimum absolute atomic E-state index is 0.636. The number of benzene rings is 12. The summed E-state index contributed by atoms with van der Waals surface area (Å²) in [4.78, 5) is 4.92. The summed E-state index contributed by atoms with van der Waals surface area (Å²) < 4.78 is 2.55. The van der Waals surface area contributed by atoms with E-state index in [9.17, 15) is 0 Å². The molecule has 0 fully saturated rings. The Morgan fingerprint density at radius 3 is 1.22 bits per heavy atom. The van der Waals surface area contributed by atoms with E-state index >= 15 is 0 Å². The quantitative estimate of drug-likeness (QED) is 0.142. The molecule has 0 atom stereocenters. The molecule has 0 aliphatic heterocycles. The molecule has 0 radical (unpaired) electrons. The van der Waals surface area contributed by atoms with Gasteiger partial charge in [0.15, 0.2) is 0 Å². The highest BCUT2D eigenvalue weighted by atomic mass is 32.1. The van der Waals surface area contributed by atoms with Gasteiger partial charge in [-0.2, -0.15) is 0 Å². The zero-order chi connectivity index (χ0) is 50.9. The smallest absolute Gasteiger partial charge is 0.0721 e. The summed E-state index contributed by atoms with van der Waals surface area (Å²) in [7, 11) is 0. The summed E-state index contributed by atoms with van der Waals surface area (Å²) in [6.07, 6.45) is 0. The molecule has 0 saturated carbocycles. The summed E-state index contributed by atoms with van der Waals surface area (Å²) in [6, 6.07) is 113. The molecule has 1 spiro atoms. The molecule has 1 heterocycles. The maximum absolute atomic E-state index is 2.54. The third kappa shape index (κ3) is 6.80. The van der Waals surface area contributed by atoms with Crippen molar-refractivity contribution >= 4 is 65.6 Å². The number of anilines is 6. The normalized spacial score (nSPS) is 13.4. The third-order valence-electron chi connectivity index (χ3n) is 16.4. The van der Waals surface area contributed by atoms with Gasteiger partial charge in [0, 0.05) is 43.9 Å². The Hall–Kier alpha value is -9.54. The van der Waals surface area contributed by atoms with Crippen molar-refractivity contribution in [2.75, 3.05) is 9.80 Å². The first kappa shape index (κ1) is 44.9. The number of rotatable bonds is 9. The van der Waals surface area contributed by atoms with Crippen molar-refractivity contribution in [1.29, 1.82) is 0 Å². The van der Waals surface area contributed by atoms with E-state index in [1.807, 2.05) is 11.3 Å². The maximum Gasteiger partial charge on any atom is 0.0721 e. The van der Waals surface area contributed by atoms with Gasteiger partial charge in [0.1, 0.15) is 0 Å². The summed E-state index contributed by atoms with van der Waals surface area (Å²) >= 11 is 1.87. The van der Waals surface area contributed by atoms with Crippen molar-refractivity contribution in [3.05, 3.63) is 348 Å². The predicted octanol–water partition coefficient (Wildman–Crippen LogP) is 19.7. The summed E-state index contributed by atoms with van der Waals surface area (Å²) in [5.74, 6) is 0. The molecule has 0 saturated heterocycles. The zero-order valence-corrected chi connectivity index (χ0v) is 43.0. The highest BCUT2D eigenvalue weighted by Gasteiger charge is 2.57. The highest BCUT2D eigenvalue weighted by molar-refractivity contribution is 7.26. The van der Waals surface area contributed by atoms with Crippen molar-refractivity contribution in [3.8, 4) is 22.3 Å². The lowest BCUT2D eigenvalue weighted by molar-refractivity contribution is 0.623. The fraction of sp³-hybridized carbons (Fsp3) is 0.0270. The van der Waals surface area contributed by atoms with Crippen LogP contribution in [0, 0.1) is 0 Å². The fourth-order valence-corrected chi connectivity index (χ4v) is 14.5. The Morgan fingerprint density at radius 2 is 0.662 bits per heavy atom. The molecule has 3 heteroatoms. The van der Waals surface area contributed by atoms with Crippen LogP contribution in [-0.4, -0.2) is 0 Å². The van der Waals surface area contributed by atoms with Crippen LogP contribution in [0.15, 0.2) is 303 Å². The van der Waals surface area contributed by atoms with Crippen LogP contribution in [-0.2, 0) is 10.8 Å².